The van der Waals surface area contributed by atoms with Crippen LogP contribution in [0.3, 0.4) is 0 Å². The van der Waals surface area contributed by atoms with E-state index in [2.05, 4.69) is 5.16 Å². The molecule has 1 aliphatic carbocycles. The second-order valence-electron chi connectivity index (χ2n) is 5.15. The molecule has 1 atom stereocenters. The van der Waals surface area contributed by atoms with Gasteiger partial charge < -0.3 is 10.4 Å². The van der Waals surface area contributed by atoms with E-state index < -0.39 is 5.54 Å². The third kappa shape index (κ3) is 2.91. The Morgan fingerprint density at radius 3 is 2.80 bits per heavy atom. The highest BCUT2D eigenvalue weighted by Gasteiger charge is 2.41. The average molecular weight is 315 g/mol. The molecule has 4 nitrogen and oxygen atoms in total. The van der Waals surface area contributed by atoms with Gasteiger partial charge in [-0.3, -0.25) is 0 Å². The number of hydroxylamine groups is 1. The predicted octanol–water partition coefficient (Wildman–Crippen LogP) is 4.09. The van der Waals surface area contributed by atoms with E-state index in [0.717, 1.165) is 17.6 Å². The molecule has 1 aliphatic rings. The normalized spacial score (nSPS) is 25.9. The van der Waals surface area contributed by atoms with Crippen LogP contribution in [0.2, 0.25) is 10.0 Å². The Balaban J connectivity index is 2.38. The smallest absolute Gasteiger partial charge is 0.211 e. The van der Waals surface area contributed by atoms with Crippen molar-refractivity contribution in [3.63, 3.8) is 0 Å². The van der Waals surface area contributed by atoms with E-state index in [1.807, 2.05) is 0 Å². The molecule has 2 rings (SSSR count). The van der Waals surface area contributed by atoms with Crippen LogP contribution in [-0.2, 0) is 0 Å². The molecule has 0 saturated heterocycles. The van der Waals surface area contributed by atoms with Gasteiger partial charge in [-0.2, -0.15) is 0 Å². The summed E-state index contributed by atoms with van der Waals surface area (Å²) in [5.74, 6) is 0. The molecule has 1 saturated carbocycles. The van der Waals surface area contributed by atoms with E-state index in [9.17, 15) is 5.21 Å². The third-order valence-electron chi connectivity index (χ3n) is 3.77. The molecule has 20 heavy (non-hydrogen) atoms. The van der Waals surface area contributed by atoms with Gasteiger partial charge in [-0.1, -0.05) is 28.4 Å². The Morgan fingerprint density at radius 1 is 1.40 bits per heavy atom. The van der Waals surface area contributed by atoms with Gasteiger partial charge in [0.2, 0.25) is 5.54 Å². The minimum Gasteiger partial charge on any atom is -0.623 e. The maximum absolute atomic E-state index is 12.5. The van der Waals surface area contributed by atoms with Gasteiger partial charge >= 0.3 is 0 Å². The van der Waals surface area contributed by atoms with Crippen LogP contribution >= 0.6 is 23.2 Å². The lowest BCUT2D eigenvalue weighted by molar-refractivity contribution is -0.520. The lowest BCUT2D eigenvalue weighted by atomic mass is 9.81. The Bertz CT molecular complexity index is 572. The van der Waals surface area contributed by atoms with E-state index in [1.165, 1.54) is 6.21 Å². The van der Waals surface area contributed by atoms with Crippen LogP contribution in [0.4, 0.5) is 0 Å². The Hall–Kier alpha value is -1.26. The van der Waals surface area contributed by atoms with Gasteiger partial charge in [0.25, 0.3) is 0 Å². The second kappa shape index (κ2) is 6.02. The van der Waals surface area contributed by atoms with Crippen LogP contribution in [0.25, 0.3) is 0 Å². The molecule has 0 aromatic heterocycles. The molecule has 0 heterocycles. The van der Waals surface area contributed by atoms with Gasteiger partial charge in [0.05, 0.1) is 10.6 Å². The largest absolute Gasteiger partial charge is 0.623 e. The number of rotatable bonds is 2. The maximum atomic E-state index is 12.5. The summed E-state index contributed by atoms with van der Waals surface area (Å²) in [6.07, 6.45) is 4.57. The van der Waals surface area contributed by atoms with E-state index >= 15 is 0 Å². The highest BCUT2D eigenvalue weighted by molar-refractivity contribution is 6.36. The molecule has 1 aromatic carbocycles. The minimum atomic E-state index is -0.823. The second-order valence-corrected chi connectivity index (χ2v) is 5.99. The summed E-state index contributed by atoms with van der Waals surface area (Å²) < 4.78 is 0.830. The van der Waals surface area contributed by atoms with Crippen LogP contribution in [0, 0.1) is 5.21 Å². The maximum Gasteiger partial charge on any atom is 0.211 e. The Morgan fingerprint density at radius 2 is 2.15 bits per heavy atom. The zero-order valence-corrected chi connectivity index (χ0v) is 12.7. The van der Waals surface area contributed by atoms with E-state index in [4.69, 9.17) is 28.4 Å². The number of benzene rings is 1. The van der Waals surface area contributed by atoms with Crippen LogP contribution in [-0.4, -0.2) is 27.4 Å². The summed E-state index contributed by atoms with van der Waals surface area (Å²) >= 11 is 11.9. The molecule has 0 bridgehead atoms. The fourth-order valence-corrected chi connectivity index (χ4v) is 2.90. The topological polar surface area (TPSA) is 58.7 Å². The summed E-state index contributed by atoms with van der Waals surface area (Å²) in [6, 6.07) is 4.96. The number of halogens is 2. The van der Waals surface area contributed by atoms with Gasteiger partial charge in [0.1, 0.15) is 5.71 Å². The summed E-state index contributed by atoms with van der Waals surface area (Å²) in [5, 5.41) is 25.8. The van der Waals surface area contributed by atoms with E-state index in [-0.39, 0.29) is 0 Å². The molecule has 108 valence electrons. The molecular formula is C14H16Cl2N2O2. The van der Waals surface area contributed by atoms with Gasteiger partial charge in [0, 0.05) is 18.4 Å². The molecule has 0 amide bonds. The summed E-state index contributed by atoms with van der Waals surface area (Å²) in [7, 11) is 0. The van der Waals surface area contributed by atoms with E-state index in [0.29, 0.717) is 34.2 Å². The molecular weight excluding hydrogens is 299 g/mol. The monoisotopic (exact) mass is 314 g/mol. The summed E-state index contributed by atoms with van der Waals surface area (Å²) in [6.45, 7) is 1.79. The molecule has 1 unspecified atom stereocenters. The van der Waals surface area contributed by atoms with Crippen LogP contribution in [0.5, 0.6) is 0 Å². The van der Waals surface area contributed by atoms with Gasteiger partial charge in [-0.15, -0.1) is 0 Å². The van der Waals surface area contributed by atoms with Crippen molar-refractivity contribution in [3.05, 3.63) is 39.0 Å². The Kier molecular flexibility index (Phi) is 4.55. The first-order valence-electron chi connectivity index (χ1n) is 6.45. The molecule has 6 heteroatoms. The highest BCUT2D eigenvalue weighted by atomic mass is 35.5. The summed E-state index contributed by atoms with van der Waals surface area (Å²) in [5.41, 5.74) is 0.283. The van der Waals surface area contributed by atoms with Gasteiger partial charge in [0.15, 0.2) is 6.21 Å². The first-order valence-corrected chi connectivity index (χ1v) is 7.21. The fourth-order valence-electron chi connectivity index (χ4n) is 2.45. The zero-order valence-electron chi connectivity index (χ0n) is 11.1. The molecule has 1 N–H and O–H groups in total. The van der Waals surface area contributed by atoms with Crippen LogP contribution < -0.4 is 0 Å². The van der Waals surface area contributed by atoms with Crippen LogP contribution in [0.15, 0.2) is 23.4 Å². The lowest BCUT2D eigenvalue weighted by Crippen LogP contribution is -2.47. The van der Waals surface area contributed by atoms with Crippen molar-refractivity contribution in [1.82, 2.24) is 0 Å². The Labute approximate surface area is 127 Å². The first-order chi connectivity index (χ1) is 9.47. The number of nitrogens with zero attached hydrogens (tertiary/aromatic N) is 2. The molecule has 1 fully saturated rings. The van der Waals surface area contributed by atoms with Gasteiger partial charge in [-0.25, -0.2) is 4.74 Å². The SMILES string of the molecule is CC1([N+]([O-])=Cc2ccc(Cl)cc2Cl)CCCCC1=NO. The van der Waals surface area contributed by atoms with Crippen molar-refractivity contribution < 1.29 is 9.95 Å². The molecule has 1 aromatic rings. The van der Waals surface area contributed by atoms with Crippen molar-refractivity contribution >= 4 is 35.1 Å². The van der Waals surface area contributed by atoms with Crippen molar-refractivity contribution in [2.24, 2.45) is 5.16 Å². The van der Waals surface area contributed by atoms with E-state index in [1.54, 1.807) is 25.1 Å². The van der Waals surface area contributed by atoms with Crippen LogP contribution in [0.1, 0.15) is 38.2 Å². The zero-order chi connectivity index (χ0) is 14.8. The third-order valence-corrected chi connectivity index (χ3v) is 4.34. The van der Waals surface area contributed by atoms with Crippen molar-refractivity contribution in [2.45, 2.75) is 38.1 Å². The highest BCUT2D eigenvalue weighted by Crippen LogP contribution is 2.29. The lowest BCUT2D eigenvalue weighted by Gasteiger charge is -2.32. The van der Waals surface area contributed by atoms with Crippen molar-refractivity contribution in [1.29, 1.82) is 0 Å². The first kappa shape index (κ1) is 15.1. The van der Waals surface area contributed by atoms with Crippen molar-refractivity contribution in [3.8, 4) is 0 Å². The van der Waals surface area contributed by atoms with Crippen molar-refractivity contribution in [2.75, 3.05) is 0 Å². The quantitative estimate of drug-likeness (QED) is 0.294. The number of hydrogen-bond donors (Lipinski definition) is 1. The average Bonchev–Trinajstić information content (AvgIpc) is 2.42. The number of oxime groups is 1. The van der Waals surface area contributed by atoms with Gasteiger partial charge in [-0.05, 0) is 37.5 Å². The standard InChI is InChI=1S/C14H16Cl2N2O2/c1-14(7-3-2-4-13(14)17-19)18(20)9-10-5-6-11(15)8-12(10)16/h5-6,8-9,19H,2-4,7H2,1H3. The fraction of sp³-hybridized carbons (Fsp3) is 0.429. The molecule has 0 spiro atoms. The molecule has 0 radical (unpaired) electrons. The predicted molar refractivity (Wildman–Crippen MR) is 81.3 cm³/mol. The summed E-state index contributed by atoms with van der Waals surface area (Å²) in [4.78, 5) is 0. The minimum absolute atomic E-state index is 0.417. The molecule has 0 aliphatic heterocycles. The number of hydrogen-bond acceptors (Lipinski definition) is 3.